The molecule has 1 heterocycles. The van der Waals surface area contributed by atoms with Gasteiger partial charge < -0.3 is 0 Å². The maximum atomic E-state index is 11.9. The molecule has 2 atom stereocenters. The van der Waals surface area contributed by atoms with Crippen molar-refractivity contribution in [2.75, 3.05) is 5.75 Å². The molecule has 1 aromatic rings. The summed E-state index contributed by atoms with van der Waals surface area (Å²) in [6.07, 6.45) is 7.89. The van der Waals surface area contributed by atoms with Crippen molar-refractivity contribution >= 4 is 9.84 Å². The number of sulfone groups is 1. The van der Waals surface area contributed by atoms with Crippen molar-refractivity contribution in [1.29, 1.82) is 0 Å². The molecule has 0 aromatic carbocycles. The molecule has 4 nitrogen and oxygen atoms in total. The van der Waals surface area contributed by atoms with E-state index in [2.05, 4.69) is 16.0 Å². The van der Waals surface area contributed by atoms with Crippen molar-refractivity contribution in [3.8, 4) is 0 Å². The molecule has 16 heavy (non-hydrogen) atoms. The molecule has 0 N–H and O–H groups in total. The van der Waals surface area contributed by atoms with Crippen molar-refractivity contribution in [3.63, 3.8) is 0 Å². The highest BCUT2D eigenvalue weighted by Gasteiger charge is 2.39. The van der Waals surface area contributed by atoms with Crippen LogP contribution in [0, 0.1) is 11.8 Å². The summed E-state index contributed by atoms with van der Waals surface area (Å²) >= 11 is 0. The number of rotatable bonds is 4. The quantitative estimate of drug-likeness (QED) is 0.588. The maximum Gasteiger partial charge on any atom is 0.247 e. The first-order valence-electron chi connectivity index (χ1n) is 5.26. The zero-order valence-corrected chi connectivity index (χ0v) is 9.89. The standard InChI is InChI=1S/C11H14N2O2S/c1-2-4-9-7-10(9)8-16(14,15)11-12-5-3-6-13-11/h2-6,9-10H,7-8H2,1H3. The highest BCUT2D eigenvalue weighted by molar-refractivity contribution is 7.91. The van der Waals surface area contributed by atoms with Crippen molar-refractivity contribution < 1.29 is 8.42 Å². The summed E-state index contributed by atoms with van der Waals surface area (Å²) < 4.78 is 23.8. The number of allylic oxidation sites excluding steroid dienone is 2. The van der Waals surface area contributed by atoms with Crippen LogP contribution in [0.4, 0.5) is 0 Å². The lowest BCUT2D eigenvalue weighted by Crippen LogP contribution is -2.12. The second-order valence-electron chi connectivity index (χ2n) is 4.00. The molecule has 0 saturated heterocycles. The predicted molar refractivity (Wildman–Crippen MR) is 60.5 cm³/mol. The van der Waals surface area contributed by atoms with Crippen molar-refractivity contribution in [3.05, 3.63) is 30.6 Å². The van der Waals surface area contributed by atoms with Gasteiger partial charge in [-0.1, -0.05) is 12.2 Å². The van der Waals surface area contributed by atoms with Gasteiger partial charge in [-0.3, -0.25) is 0 Å². The Morgan fingerprint density at radius 3 is 2.75 bits per heavy atom. The highest BCUT2D eigenvalue weighted by Crippen LogP contribution is 2.41. The van der Waals surface area contributed by atoms with Crippen LogP contribution in [-0.4, -0.2) is 24.1 Å². The molecule has 0 amide bonds. The minimum atomic E-state index is -3.30. The van der Waals surface area contributed by atoms with E-state index < -0.39 is 9.84 Å². The molecule has 0 aliphatic heterocycles. The molecular weight excluding hydrogens is 224 g/mol. The lowest BCUT2D eigenvalue weighted by Gasteiger charge is -2.00. The first kappa shape index (κ1) is 11.3. The molecule has 86 valence electrons. The van der Waals surface area contributed by atoms with E-state index >= 15 is 0 Å². The van der Waals surface area contributed by atoms with Crippen LogP contribution in [0.15, 0.2) is 35.8 Å². The van der Waals surface area contributed by atoms with E-state index in [9.17, 15) is 8.42 Å². The third-order valence-electron chi connectivity index (χ3n) is 2.67. The van der Waals surface area contributed by atoms with E-state index in [0.29, 0.717) is 5.92 Å². The molecule has 1 saturated carbocycles. The Bertz CT molecular complexity index is 482. The largest absolute Gasteiger partial charge is 0.247 e. The summed E-state index contributed by atoms with van der Waals surface area (Å²) in [6, 6.07) is 1.61. The minimum Gasteiger partial charge on any atom is -0.227 e. The fourth-order valence-electron chi connectivity index (χ4n) is 1.75. The molecule has 0 spiro atoms. The van der Waals surface area contributed by atoms with Crippen LogP contribution in [0.2, 0.25) is 0 Å². The zero-order chi connectivity index (χ0) is 11.6. The van der Waals surface area contributed by atoms with Crippen LogP contribution in [0.5, 0.6) is 0 Å². The average molecular weight is 238 g/mol. The van der Waals surface area contributed by atoms with E-state index in [1.165, 1.54) is 12.4 Å². The topological polar surface area (TPSA) is 59.9 Å². The monoisotopic (exact) mass is 238 g/mol. The first-order chi connectivity index (χ1) is 7.63. The van der Waals surface area contributed by atoms with Gasteiger partial charge in [0.15, 0.2) is 0 Å². The van der Waals surface area contributed by atoms with E-state index in [0.717, 1.165) is 6.42 Å². The minimum absolute atomic E-state index is 0.0545. The van der Waals surface area contributed by atoms with Gasteiger partial charge in [0.1, 0.15) is 0 Å². The van der Waals surface area contributed by atoms with Crippen LogP contribution in [0.1, 0.15) is 13.3 Å². The Labute approximate surface area is 95.4 Å². The number of nitrogens with zero attached hydrogens (tertiary/aromatic N) is 2. The summed E-state index contributed by atoms with van der Waals surface area (Å²) in [4.78, 5) is 7.57. The predicted octanol–water partition coefficient (Wildman–Crippen LogP) is 1.46. The fourth-order valence-corrected chi connectivity index (χ4v) is 3.29. The third-order valence-corrected chi connectivity index (χ3v) is 4.30. The van der Waals surface area contributed by atoms with Gasteiger partial charge >= 0.3 is 0 Å². The van der Waals surface area contributed by atoms with Gasteiger partial charge in [0, 0.05) is 12.4 Å². The van der Waals surface area contributed by atoms with Crippen molar-refractivity contribution in [1.82, 2.24) is 9.97 Å². The summed E-state index contributed by atoms with van der Waals surface area (Å²) in [5.74, 6) is 0.819. The Kier molecular flexibility index (Phi) is 3.05. The van der Waals surface area contributed by atoms with Crippen LogP contribution in [-0.2, 0) is 9.84 Å². The van der Waals surface area contributed by atoms with Gasteiger partial charge in [-0.2, -0.15) is 0 Å². The van der Waals surface area contributed by atoms with Crippen LogP contribution < -0.4 is 0 Å². The van der Waals surface area contributed by atoms with Crippen LogP contribution >= 0.6 is 0 Å². The Morgan fingerprint density at radius 2 is 2.12 bits per heavy atom. The van der Waals surface area contributed by atoms with Gasteiger partial charge in [-0.25, -0.2) is 18.4 Å². The van der Waals surface area contributed by atoms with Crippen molar-refractivity contribution in [2.24, 2.45) is 11.8 Å². The van der Waals surface area contributed by atoms with Crippen LogP contribution in [0.25, 0.3) is 0 Å². The molecule has 1 aliphatic carbocycles. The lowest BCUT2D eigenvalue weighted by molar-refractivity contribution is 0.582. The SMILES string of the molecule is CC=CC1CC1CS(=O)(=O)c1ncccn1. The zero-order valence-electron chi connectivity index (χ0n) is 9.07. The van der Waals surface area contributed by atoms with Gasteiger partial charge in [-0.05, 0) is 31.2 Å². The maximum absolute atomic E-state index is 11.9. The number of hydrogen-bond acceptors (Lipinski definition) is 4. The lowest BCUT2D eigenvalue weighted by atomic mass is 10.3. The fraction of sp³-hybridized carbons (Fsp3) is 0.455. The average Bonchev–Trinajstić information content (AvgIpc) is 2.97. The second kappa shape index (κ2) is 4.33. The molecule has 0 bridgehead atoms. The molecule has 0 radical (unpaired) electrons. The third kappa shape index (κ3) is 2.47. The molecule has 2 unspecified atom stereocenters. The summed E-state index contributed by atoms with van der Waals surface area (Å²) in [6.45, 7) is 1.95. The van der Waals surface area contributed by atoms with Gasteiger partial charge in [0.2, 0.25) is 15.0 Å². The number of hydrogen-bond donors (Lipinski definition) is 0. The Morgan fingerprint density at radius 1 is 1.44 bits per heavy atom. The van der Waals surface area contributed by atoms with E-state index in [-0.39, 0.29) is 16.8 Å². The second-order valence-corrected chi connectivity index (χ2v) is 5.93. The summed E-state index contributed by atoms with van der Waals surface area (Å²) in [5, 5.41) is -0.0545. The molecule has 2 rings (SSSR count). The highest BCUT2D eigenvalue weighted by atomic mass is 32.2. The molecular formula is C11H14N2O2S. The summed E-state index contributed by atoms with van der Waals surface area (Å²) in [5.41, 5.74) is 0. The van der Waals surface area contributed by atoms with Crippen LogP contribution in [0.3, 0.4) is 0 Å². The Balaban J connectivity index is 2.06. The van der Waals surface area contributed by atoms with E-state index in [1.807, 2.05) is 13.0 Å². The smallest absolute Gasteiger partial charge is 0.227 e. The number of aromatic nitrogens is 2. The van der Waals surface area contributed by atoms with E-state index in [1.54, 1.807) is 6.07 Å². The molecule has 5 heteroatoms. The van der Waals surface area contributed by atoms with E-state index in [4.69, 9.17) is 0 Å². The first-order valence-corrected chi connectivity index (χ1v) is 6.91. The normalized spacial score (nSPS) is 24.8. The molecule has 1 aliphatic rings. The van der Waals surface area contributed by atoms with Gasteiger partial charge in [0.05, 0.1) is 5.75 Å². The molecule has 1 fully saturated rings. The Hall–Kier alpha value is -1.23. The van der Waals surface area contributed by atoms with Gasteiger partial charge in [0.25, 0.3) is 0 Å². The summed E-state index contributed by atoms with van der Waals surface area (Å²) in [7, 11) is -3.30. The molecule has 1 aromatic heterocycles. The van der Waals surface area contributed by atoms with Crippen molar-refractivity contribution in [2.45, 2.75) is 18.5 Å². The van der Waals surface area contributed by atoms with Gasteiger partial charge in [-0.15, -0.1) is 0 Å².